The molecule has 3 aromatic rings. The van der Waals surface area contributed by atoms with Gasteiger partial charge in [0.1, 0.15) is 5.75 Å². The van der Waals surface area contributed by atoms with Crippen LogP contribution in [-0.4, -0.2) is 17.0 Å². The molecule has 0 amide bonds. The van der Waals surface area contributed by atoms with Crippen LogP contribution in [0.15, 0.2) is 60.7 Å². The van der Waals surface area contributed by atoms with Gasteiger partial charge in [0.15, 0.2) is 0 Å². The molecule has 1 N–H and O–H groups in total. The Morgan fingerprint density at radius 3 is 2.19 bits per heavy atom. The highest BCUT2D eigenvalue weighted by molar-refractivity contribution is 5.96. The zero-order valence-corrected chi connectivity index (χ0v) is 14.7. The van der Waals surface area contributed by atoms with Crippen LogP contribution in [0.25, 0.3) is 10.8 Å². The zero-order chi connectivity index (χ0) is 18.7. The first-order valence-electron chi connectivity index (χ1n) is 8.57. The third kappa shape index (κ3) is 3.75. The number of carboxylic acid groups (broad SMARTS) is 1. The predicted molar refractivity (Wildman–Crippen MR) is 101 cm³/mol. The maximum Gasteiger partial charge on any atom is 0.343 e. The minimum Gasteiger partial charge on any atom is -0.478 e. The molecule has 0 saturated carbocycles. The molecule has 3 aromatic carbocycles. The summed E-state index contributed by atoms with van der Waals surface area (Å²) in [4.78, 5) is 23.2. The lowest BCUT2D eigenvalue weighted by molar-refractivity contribution is 0.0696. The molecule has 0 aliphatic rings. The highest BCUT2D eigenvalue weighted by Gasteiger charge is 2.11. The molecule has 0 radical (unpaired) electrons. The molecule has 0 heterocycles. The topological polar surface area (TPSA) is 63.6 Å². The molecular formula is C22H20O4. The Morgan fingerprint density at radius 1 is 0.923 bits per heavy atom. The maximum absolute atomic E-state index is 12.4. The number of esters is 1. The molecule has 0 fully saturated rings. The maximum atomic E-state index is 12.4. The fourth-order valence-electron chi connectivity index (χ4n) is 2.76. The van der Waals surface area contributed by atoms with Crippen LogP contribution in [-0.2, 0) is 0 Å². The van der Waals surface area contributed by atoms with Gasteiger partial charge in [-0.05, 0) is 65.1 Å². The van der Waals surface area contributed by atoms with Gasteiger partial charge in [-0.15, -0.1) is 0 Å². The monoisotopic (exact) mass is 348 g/mol. The van der Waals surface area contributed by atoms with Gasteiger partial charge in [-0.1, -0.05) is 38.1 Å². The summed E-state index contributed by atoms with van der Waals surface area (Å²) in [5.41, 5.74) is 1.89. The van der Waals surface area contributed by atoms with Crippen molar-refractivity contribution in [2.24, 2.45) is 0 Å². The number of hydrogen-bond acceptors (Lipinski definition) is 3. The summed E-state index contributed by atoms with van der Waals surface area (Å²) < 4.78 is 5.33. The molecule has 4 heteroatoms. The van der Waals surface area contributed by atoms with Gasteiger partial charge in [0.25, 0.3) is 0 Å². The summed E-state index contributed by atoms with van der Waals surface area (Å²) in [6.07, 6.45) is 1.08. The van der Waals surface area contributed by atoms with E-state index in [0.29, 0.717) is 17.2 Å². The van der Waals surface area contributed by atoms with Crippen LogP contribution in [0.3, 0.4) is 0 Å². The van der Waals surface area contributed by atoms with E-state index in [1.807, 2.05) is 18.2 Å². The Hall–Kier alpha value is -3.14. The molecule has 1 atom stereocenters. The Kier molecular flexibility index (Phi) is 5.03. The van der Waals surface area contributed by atoms with E-state index < -0.39 is 11.9 Å². The molecule has 0 spiro atoms. The van der Waals surface area contributed by atoms with E-state index in [0.717, 1.165) is 17.2 Å². The first-order valence-corrected chi connectivity index (χ1v) is 8.57. The van der Waals surface area contributed by atoms with Crippen LogP contribution in [0, 0.1) is 0 Å². The molecule has 3 rings (SSSR count). The van der Waals surface area contributed by atoms with Crippen LogP contribution in [0.5, 0.6) is 5.75 Å². The number of carbonyl (C=O) groups is 2. The zero-order valence-electron chi connectivity index (χ0n) is 14.7. The molecule has 0 bridgehead atoms. The number of hydrogen-bond donors (Lipinski definition) is 1. The van der Waals surface area contributed by atoms with Crippen molar-refractivity contribution in [2.75, 3.05) is 0 Å². The molecule has 4 nitrogen and oxygen atoms in total. The highest BCUT2D eigenvalue weighted by atomic mass is 16.5. The third-order valence-electron chi connectivity index (χ3n) is 4.59. The van der Waals surface area contributed by atoms with E-state index in [4.69, 9.17) is 9.84 Å². The molecular weight excluding hydrogens is 328 g/mol. The Bertz CT molecular complexity index is 958. The molecule has 26 heavy (non-hydrogen) atoms. The molecule has 0 aliphatic heterocycles. The minimum absolute atomic E-state index is 0.146. The van der Waals surface area contributed by atoms with Crippen LogP contribution in [0.2, 0.25) is 0 Å². The fourth-order valence-corrected chi connectivity index (χ4v) is 2.76. The summed E-state index contributed by atoms with van der Waals surface area (Å²) in [5.74, 6) is -0.680. The number of ether oxygens (including phenoxy) is 1. The second-order valence-corrected chi connectivity index (χ2v) is 6.35. The summed E-state index contributed by atoms with van der Waals surface area (Å²) >= 11 is 0. The van der Waals surface area contributed by atoms with Gasteiger partial charge in [-0.2, -0.15) is 0 Å². The molecule has 0 aromatic heterocycles. The summed E-state index contributed by atoms with van der Waals surface area (Å²) in [6, 6.07) is 17.5. The number of carboxylic acids is 1. The minimum atomic E-state index is -1.02. The van der Waals surface area contributed by atoms with Gasteiger partial charge in [0, 0.05) is 0 Å². The van der Waals surface area contributed by atoms with Gasteiger partial charge in [-0.3, -0.25) is 0 Å². The van der Waals surface area contributed by atoms with Crippen molar-refractivity contribution in [2.45, 2.75) is 26.2 Å². The van der Waals surface area contributed by atoms with Crippen molar-refractivity contribution >= 4 is 22.7 Å². The van der Waals surface area contributed by atoms with E-state index >= 15 is 0 Å². The lowest BCUT2D eigenvalue weighted by Crippen LogP contribution is -2.08. The van der Waals surface area contributed by atoms with E-state index in [1.54, 1.807) is 6.07 Å². The predicted octanol–water partition coefficient (Wildman–Crippen LogP) is 5.27. The average Bonchev–Trinajstić information content (AvgIpc) is 2.66. The highest BCUT2D eigenvalue weighted by Crippen LogP contribution is 2.25. The summed E-state index contributed by atoms with van der Waals surface area (Å²) in [5, 5.41) is 11.0. The first-order chi connectivity index (χ1) is 12.5. The summed E-state index contributed by atoms with van der Waals surface area (Å²) in [6.45, 7) is 4.36. The normalized spacial score (nSPS) is 11.9. The van der Waals surface area contributed by atoms with Crippen LogP contribution in [0.4, 0.5) is 0 Å². The Labute approximate surface area is 152 Å². The summed E-state index contributed by atoms with van der Waals surface area (Å²) in [7, 11) is 0. The number of fused-ring (bicyclic) bond motifs is 1. The van der Waals surface area contributed by atoms with Crippen molar-refractivity contribution in [1.82, 2.24) is 0 Å². The van der Waals surface area contributed by atoms with Crippen LogP contribution < -0.4 is 4.74 Å². The second-order valence-electron chi connectivity index (χ2n) is 6.35. The number of aromatic carboxylic acids is 1. The van der Waals surface area contributed by atoms with Gasteiger partial charge < -0.3 is 9.84 Å². The van der Waals surface area contributed by atoms with Crippen LogP contribution >= 0.6 is 0 Å². The third-order valence-corrected chi connectivity index (χ3v) is 4.59. The van der Waals surface area contributed by atoms with E-state index in [-0.39, 0.29) is 5.56 Å². The molecule has 0 saturated heterocycles. The Morgan fingerprint density at radius 2 is 1.54 bits per heavy atom. The van der Waals surface area contributed by atoms with Crippen molar-refractivity contribution < 1.29 is 19.4 Å². The molecule has 132 valence electrons. The lowest BCUT2D eigenvalue weighted by Gasteiger charge is -2.11. The largest absolute Gasteiger partial charge is 0.478 e. The molecule has 0 aliphatic carbocycles. The van der Waals surface area contributed by atoms with Crippen molar-refractivity contribution in [3.63, 3.8) is 0 Å². The average molecular weight is 348 g/mol. The van der Waals surface area contributed by atoms with Gasteiger partial charge >= 0.3 is 11.9 Å². The van der Waals surface area contributed by atoms with Crippen molar-refractivity contribution in [3.05, 3.63) is 77.4 Å². The molecule has 1 unspecified atom stereocenters. The SMILES string of the molecule is CCC(C)c1ccc2cc(C(=O)Oc3ccc(C(=O)O)cc3)ccc2c1. The second kappa shape index (κ2) is 7.40. The standard InChI is InChI=1S/C22H20O4/c1-3-14(2)16-4-5-18-13-19(7-6-17(18)12-16)22(25)26-20-10-8-15(9-11-20)21(23)24/h4-14H,3H2,1-2H3,(H,23,24). The van der Waals surface area contributed by atoms with E-state index in [9.17, 15) is 9.59 Å². The smallest absolute Gasteiger partial charge is 0.343 e. The van der Waals surface area contributed by atoms with Crippen molar-refractivity contribution in [1.29, 1.82) is 0 Å². The fraction of sp³-hybridized carbons (Fsp3) is 0.182. The van der Waals surface area contributed by atoms with Gasteiger partial charge in [0.05, 0.1) is 11.1 Å². The van der Waals surface area contributed by atoms with Gasteiger partial charge in [-0.25, -0.2) is 9.59 Å². The quantitative estimate of drug-likeness (QED) is 0.504. The van der Waals surface area contributed by atoms with Crippen LogP contribution in [0.1, 0.15) is 52.5 Å². The van der Waals surface area contributed by atoms with Gasteiger partial charge in [0.2, 0.25) is 0 Å². The number of carbonyl (C=O) groups excluding carboxylic acids is 1. The number of benzene rings is 3. The van der Waals surface area contributed by atoms with Crippen molar-refractivity contribution in [3.8, 4) is 5.75 Å². The lowest BCUT2D eigenvalue weighted by atomic mass is 9.95. The van der Waals surface area contributed by atoms with E-state index in [1.165, 1.54) is 29.8 Å². The Balaban J connectivity index is 1.80. The number of rotatable bonds is 5. The first kappa shape index (κ1) is 17.7. The van der Waals surface area contributed by atoms with E-state index in [2.05, 4.69) is 26.0 Å².